The summed E-state index contributed by atoms with van der Waals surface area (Å²) >= 11 is 0. The average Bonchev–Trinajstić information content (AvgIpc) is 2.51. The summed E-state index contributed by atoms with van der Waals surface area (Å²) < 4.78 is 0. The maximum Gasteiger partial charge on any atom is 0.245 e. The molecule has 3 rings (SSSR count). The zero-order chi connectivity index (χ0) is 15.7. The molecular weight excluding hydrogens is 276 g/mol. The molecule has 1 aliphatic rings. The standard InChI is InChI=1S/C17H22N4O/c1-12(2)11-21-10-7-17(21,3)16(22)20-15-14-13(6-9-19-15)5-4-8-18-14/h4-6,8-9,12H,7,10-11H2,1-3H3,(H,19,20,22). The molecule has 1 atom stereocenters. The Kier molecular flexibility index (Phi) is 3.83. The van der Waals surface area contributed by atoms with Gasteiger partial charge in [-0.2, -0.15) is 0 Å². The highest BCUT2D eigenvalue weighted by molar-refractivity contribution is 6.02. The van der Waals surface area contributed by atoms with Gasteiger partial charge >= 0.3 is 0 Å². The molecule has 0 spiro atoms. The number of aromatic nitrogens is 2. The van der Waals surface area contributed by atoms with Crippen LogP contribution >= 0.6 is 0 Å². The zero-order valence-electron chi connectivity index (χ0n) is 13.3. The second kappa shape index (κ2) is 5.65. The van der Waals surface area contributed by atoms with Gasteiger partial charge in [-0.3, -0.25) is 14.7 Å². The van der Waals surface area contributed by atoms with Crippen molar-refractivity contribution < 1.29 is 4.79 Å². The van der Waals surface area contributed by atoms with E-state index in [2.05, 4.69) is 34.0 Å². The minimum atomic E-state index is -0.442. The van der Waals surface area contributed by atoms with Gasteiger partial charge in [-0.25, -0.2) is 4.98 Å². The van der Waals surface area contributed by atoms with Crippen molar-refractivity contribution in [1.82, 2.24) is 14.9 Å². The van der Waals surface area contributed by atoms with Crippen LogP contribution in [0.4, 0.5) is 5.82 Å². The molecule has 3 heterocycles. The Balaban J connectivity index is 1.81. The first-order valence-corrected chi connectivity index (χ1v) is 7.77. The van der Waals surface area contributed by atoms with Crippen molar-refractivity contribution in [3.63, 3.8) is 0 Å². The zero-order valence-corrected chi connectivity index (χ0v) is 13.3. The van der Waals surface area contributed by atoms with Crippen molar-refractivity contribution in [2.45, 2.75) is 32.7 Å². The number of amides is 1. The minimum Gasteiger partial charge on any atom is -0.307 e. The maximum absolute atomic E-state index is 12.7. The first kappa shape index (κ1) is 14.9. The van der Waals surface area contributed by atoms with E-state index < -0.39 is 5.54 Å². The molecule has 5 nitrogen and oxygen atoms in total. The van der Waals surface area contributed by atoms with Crippen LogP contribution in [0.2, 0.25) is 0 Å². The first-order valence-electron chi connectivity index (χ1n) is 7.77. The minimum absolute atomic E-state index is 0.00468. The Morgan fingerprint density at radius 3 is 2.86 bits per heavy atom. The number of carbonyl (C=O) groups excluding carboxylic acids is 1. The fourth-order valence-electron chi connectivity index (χ4n) is 2.93. The van der Waals surface area contributed by atoms with Gasteiger partial charge in [-0.1, -0.05) is 19.9 Å². The van der Waals surface area contributed by atoms with Gasteiger partial charge in [0.1, 0.15) is 5.52 Å². The van der Waals surface area contributed by atoms with Gasteiger partial charge in [0.15, 0.2) is 5.82 Å². The van der Waals surface area contributed by atoms with Crippen molar-refractivity contribution in [2.75, 3.05) is 18.4 Å². The molecule has 5 heteroatoms. The molecule has 2 aromatic heterocycles. The summed E-state index contributed by atoms with van der Waals surface area (Å²) in [6.07, 6.45) is 4.30. The SMILES string of the molecule is CC(C)CN1CCC1(C)C(=O)Nc1nccc2cccnc12. The lowest BCUT2D eigenvalue weighted by Crippen LogP contribution is -2.65. The fraction of sp³-hybridized carbons (Fsp3) is 0.471. The van der Waals surface area contributed by atoms with Crippen LogP contribution in [0.3, 0.4) is 0 Å². The number of nitrogens with one attached hydrogen (secondary N) is 1. The van der Waals surface area contributed by atoms with E-state index >= 15 is 0 Å². The molecule has 22 heavy (non-hydrogen) atoms. The van der Waals surface area contributed by atoms with Crippen LogP contribution < -0.4 is 5.32 Å². The Morgan fingerprint density at radius 2 is 2.18 bits per heavy atom. The van der Waals surface area contributed by atoms with Crippen LogP contribution in [-0.2, 0) is 4.79 Å². The average molecular weight is 298 g/mol. The number of hydrogen-bond donors (Lipinski definition) is 1. The molecule has 1 unspecified atom stereocenters. The third-order valence-corrected chi connectivity index (χ3v) is 4.39. The van der Waals surface area contributed by atoms with Gasteiger partial charge in [-0.15, -0.1) is 0 Å². The topological polar surface area (TPSA) is 58.1 Å². The largest absolute Gasteiger partial charge is 0.307 e. The van der Waals surface area contributed by atoms with E-state index in [0.717, 1.165) is 30.4 Å². The fourth-order valence-corrected chi connectivity index (χ4v) is 2.93. The molecule has 0 bridgehead atoms. The van der Waals surface area contributed by atoms with Gasteiger partial charge in [0, 0.05) is 30.9 Å². The van der Waals surface area contributed by atoms with Crippen LogP contribution in [0.15, 0.2) is 30.6 Å². The van der Waals surface area contributed by atoms with Crippen molar-refractivity contribution in [3.8, 4) is 0 Å². The molecule has 1 amide bonds. The second-order valence-corrected chi connectivity index (χ2v) is 6.55. The monoisotopic (exact) mass is 298 g/mol. The molecule has 0 radical (unpaired) electrons. The Hall–Kier alpha value is -2.01. The predicted octanol–water partition coefficient (Wildman–Crippen LogP) is 2.69. The number of hydrogen-bond acceptors (Lipinski definition) is 4. The summed E-state index contributed by atoms with van der Waals surface area (Å²) in [6.45, 7) is 8.26. The summed E-state index contributed by atoms with van der Waals surface area (Å²) in [4.78, 5) is 23.6. The van der Waals surface area contributed by atoms with Gasteiger partial charge in [-0.05, 0) is 31.4 Å². The van der Waals surface area contributed by atoms with Crippen LogP contribution in [0.25, 0.3) is 10.9 Å². The third kappa shape index (κ3) is 2.57. The highest BCUT2D eigenvalue weighted by Gasteiger charge is 2.46. The Bertz CT molecular complexity index is 695. The highest BCUT2D eigenvalue weighted by Crippen LogP contribution is 2.32. The number of anilines is 1. The Morgan fingerprint density at radius 1 is 1.36 bits per heavy atom. The number of pyridine rings is 2. The quantitative estimate of drug-likeness (QED) is 0.943. The van der Waals surface area contributed by atoms with Gasteiger partial charge in [0.05, 0.1) is 5.54 Å². The second-order valence-electron chi connectivity index (χ2n) is 6.55. The summed E-state index contributed by atoms with van der Waals surface area (Å²) in [5.41, 5.74) is 0.291. The van der Waals surface area contributed by atoms with E-state index in [1.807, 2.05) is 25.1 Å². The number of carbonyl (C=O) groups is 1. The van der Waals surface area contributed by atoms with Crippen LogP contribution in [0.5, 0.6) is 0 Å². The lowest BCUT2D eigenvalue weighted by molar-refractivity contribution is -0.136. The lowest BCUT2D eigenvalue weighted by atomic mass is 9.84. The number of nitrogens with zero attached hydrogens (tertiary/aromatic N) is 3. The summed E-state index contributed by atoms with van der Waals surface area (Å²) in [6, 6.07) is 5.75. The van der Waals surface area contributed by atoms with Gasteiger partial charge in [0.25, 0.3) is 0 Å². The smallest absolute Gasteiger partial charge is 0.245 e. The molecule has 2 aromatic rings. The highest BCUT2D eigenvalue weighted by atomic mass is 16.2. The van der Waals surface area contributed by atoms with Crippen molar-refractivity contribution >= 4 is 22.6 Å². The molecule has 0 aliphatic carbocycles. The van der Waals surface area contributed by atoms with Crippen LogP contribution in [0.1, 0.15) is 27.2 Å². The van der Waals surface area contributed by atoms with E-state index in [1.54, 1.807) is 12.4 Å². The van der Waals surface area contributed by atoms with Crippen molar-refractivity contribution in [1.29, 1.82) is 0 Å². The molecule has 0 aromatic carbocycles. The molecule has 1 aliphatic heterocycles. The Labute approximate surface area is 130 Å². The molecular formula is C17H22N4O. The van der Waals surface area contributed by atoms with E-state index in [-0.39, 0.29) is 5.91 Å². The van der Waals surface area contributed by atoms with E-state index in [9.17, 15) is 4.79 Å². The number of likely N-dealkylation sites (tertiary alicyclic amines) is 1. The predicted molar refractivity (Wildman–Crippen MR) is 87.6 cm³/mol. The van der Waals surface area contributed by atoms with Crippen molar-refractivity contribution in [2.24, 2.45) is 5.92 Å². The van der Waals surface area contributed by atoms with E-state index in [0.29, 0.717) is 11.7 Å². The molecule has 1 fully saturated rings. The normalized spacial score (nSPS) is 21.8. The molecule has 0 saturated carbocycles. The maximum atomic E-state index is 12.7. The molecule has 1 N–H and O–H groups in total. The summed E-state index contributed by atoms with van der Waals surface area (Å²) in [5, 5.41) is 3.95. The number of fused-ring (bicyclic) bond motifs is 1. The van der Waals surface area contributed by atoms with Gasteiger partial charge < -0.3 is 5.32 Å². The van der Waals surface area contributed by atoms with Gasteiger partial charge in [0.2, 0.25) is 5.91 Å². The van der Waals surface area contributed by atoms with E-state index in [4.69, 9.17) is 0 Å². The van der Waals surface area contributed by atoms with Crippen molar-refractivity contribution in [3.05, 3.63) is 30.6 Å². The first-order chi connectivity index (χ1) is 10.5. The van der Waals surface area contributed by atoms with Crippen LogP contribution in [0, 0.1) is 5.92 Å². The summed E-state index contributed by atoms with van der Waals surface area (Å²) in [7, 11) is 0. The summed E-state index contributed by atoms with van der Waals surface area (Å²) in [5.74, 6) is 1.09. The molecule has 1 saturated heterocycles. The van der Waals surface area contributed by atoms with E-state index in [1.165, 1.54) is 0 Å². The lowest BCUT2D eigenvalue weighted by Gasteiger charge is -2.49. The molecule has 116 valence electrons. The van der Waals surface area contributed by atoms with Crippen LogP contribution in [-0.4, -0.2) is 39.4 Å². The third-order valence-electron chi connectivity index (χ3n) is 4.39. The number of rotatable bonds is 4.